The first-order valence-corrected chi connectivity index (χ1v) is 8.37. The van der Waals surface area contributed by atoms with Crippen LogP contribution in [0.25, 0.3) is 0 Å². The van der Waals surface area contributed by atoms with Gasteiger partial charge in [-0.15, -0.1) is 0 Å². The standard InChI is InChI=1S/C20H19N5O2/c1-26-16-6-8-17(9-7-16)27-11-10-22-19-12-20(24-14-23-19)25-18-5-3-2-4-15(18)13-21/h2-9,12,14H,10-11H2,1H3,(H2,22,23,24,25). The lowest BCUT2D eigenvalue weighted by atomic mass is 10.2. The minimum Gasteiger partial charge on any atom is -0.497 e. The second-order valence-corrected chi connectivity index (χ2v) is 5.52. The van der Waals surface area contributed by atoms with Crippen molar-refractivity contribution in [2.24, 2.45) is 0 Å². The molecule has 0 bridgehead atoms. The van der Waals surface area contributed by atoms with Gasteiger partial charge in [-0.25, -0.2) is 9.97 Å². The van der Waals surface area contributed by atoms with Gasteiger partial charge in [-0.05, 0) is 36.4 Å². The molecule has 0 unspecified atom stereocenters. The molecule has 2 N–H and O–H groups in total. The number of hydrogen-bond donors (Lipinski definition) is 2. The summed E-state index contributed by atoms with van der Waals surface area (Å²) in [4.78, 5) is 8.38. The van der Waals surface area contributed by atoms with Gasteiger partial charge in [0.1, 0.15) is 42.1 Å². The van der Waals surface area contributed by atoms with Crippen LogP contribution in [0.5, 0.6) is 11.5 Å². The number of para-hydroxylation sites is 1. The number of aromatic nitrogens is 2. The maximum atomic E-state index is 9.16. The zero-order valence-electron chi connectivity index (χ0n) is 14.8. The summed E-state index contributed by atoms with van der Waals surface area (Å²) in [5.74, 6) is 2.83. The second-order valence-electron chi connectivity index (χ2n) is 5.52. The van der Waals surface area contributed by atoms with Gasteiger partial charge < -0.3 is 20.1 Å². The summed E-state index contributed by atoms with van der Waals surface area (Å²) in [6.45, 7) is 1.06. The third kappa shape index (κ3) is 5.09. The van der Waals surface area contributed by atoms with Gasteiger partial charge >= 0.3 is 0 Å². The summed E-state index contributed by atoms with van der Waals surface area (Å²) in [5, 5.41) is 15.5. The fourth-order valence-corrected chi connectivity index (χ4v) is 2.37. The van der Waals surface area contributed by atoms with Crippen LogP contribution in [-0.4, -0.2) is 30.2 Å². The highest BCUT2D eigenvalue weighted by atomic mass is 16.5. The first-order valence-electron chi connectivity index (χ1n) is 8.37. The van der Waals surface area contributed by atoms with Crippen molar-refractivity contribution in [3.05, 3.63) is 66.5 Å². The van der Waals surface area contributed by atoms with Gasteiger partial charge in [0.25, 0.3) is 0 Å². The molecular formula is C20H19N5O2. The number of nitriles is 1. The highest BCUT2D eigenvalue weighted by molar-refractivity contribution is 5.65. The molecular weight excluding hydrogens is 342 g/mol. The Bertz CT molecular complexity index is 922. The van der Waals surface area contributed by atoms with Crippen LogP contribution in [0.3, 0.4) is 0 Å². The molecule has 0 atom stereocenters. The van der Waals surface area contributed by atoms with Gasteiger partial charge in [-0.1, -0.05) is 12.1 Å². The Morgan fingerprint density at radius 3 is 2.52 bits per heavy atom. The molecule has 0 fully saturated rings. The van der Waals surface area contributed by atoms with Gasteiger partial charge in [0, 0.05) is 6.07 Å². The smallest absolute Gasteiger partial charge is 0.135 e. The Kier molecular flexibility index (Phi) is 6.04. The summed E-state index contributed by atoms with van der Waals surface area (Å²) >= 11 is 0. The molecule has 136 valence electrons. The molecule has 7 heteroatoms. The summed E-state index contributed by atoms with van der Waals surface area (Å²) < 4.78 is 10.8. The Labute approximate surface area is 157 Å². The lowest BCUT2D eigenvalue weighted by Gasteiger charge is -2.10. The first-order chi connectivity index (χ1) is 13.3. The molecule has 0 aliphatic rings. The largest absolute Gasteiger partial charge is 0.497 e. The van der Waals surface area contributed by atoms with E-state index < -0.39 is 0 Å². The zero-order valence-corrected chi connectivity index (χ0v) is 14.8. The summed E-state index contributed by atoms with van der Waals surface area (Å²) in [6, 6.07) is 18.6. The fraction of sp³-hybridized carbons (Fsp3) is 0.150. The van der Waals surface area contributed by atoms with E-state index in [1.165, 1.54) is 6.33 Å². The van der Waals surface area contributed by atoms with Crippen molar-refractivity contribution in [3.8, 4) is 17.6 Å². The topological polar surface area (TPSA) is 92.1 Å². The van der Waals surface area contributed by atoms with Gasteiger partial charge in [0.15, 0.2) is 0 Å². The van der Waals surface area contributed by atoms with E-state index in [-0.39, 0.29) is 0 Å². The quantitative estimate of drug-likeness (QED) is 0.592. The van der Waals surface area contributed by atoms with E-state index in [0.29, 0.717) is 36.0 Å². The number of anilines is 3. The van der Waals surface area contributed by atoms with Gasteiger partial charge in [0.05, 0.1) is 24.9 Å². The van der Waals surface area contributed by atoms with Crippen LogP contribution in [0, 0.1) is 11.3 Å². The van der Waals surface area contributed by atoms with Crippen molar-refractivity contribution in [1.82, 2.24) is 9.97 Å². The number of benzene rings is 2. The molecule has 0 aliphatic heterocycles. The molecule has 0 aliphatic carbocycles. The molecule has 1 heterocycles. The molecule has 0 saturated carbocycles. The average molecular weight is 361 g/mol. The molecule has 0 spiro atoms. The highest BCUT2D eigenvalue weighted by Crippen LogP contribution is 2.20. The van der Waals surface area contributed by atoms with Crippen LogP contribution in [0.2, 0.25) is 0 Å². The van der Waals surface area contributed by atoms with E-state index in [2.05, 4.69) is 26.7 Å². The Morgan fingerprint density at radius 1 is 1.00 bits per heavy atom. The average Bonchev–Trinajstić information content (AvgIpc) is 2.72. The fourth-order valence-electron chi connectivity index (χ4n) is 2.37. The number of nitrogens with zero attached hydrogens (tertiary/aromatic N) is 3. The van der Waals surface area contributed by atoms with Crippen molar-refractivity contribution in [2.75, 3.05) is 30.9 Å². The molecule has 1 aromatic heterocycles. The third-order valence-corrected chi connectivity index (χ3v) is 3.71. The number of nitrogens with one attached hydrogen (secondary N) is 2. The van der Waals surface area contributed by atoms with Crippen LogP contribution in [0.1, 0.15) is 5.56 Å². The molecule has 27 heavy (non-hydrogen) atoms. The third-order valence-electron chi connectivity index (χ3n) is 3.71. The van der Waals surface area contributed by atoms with Crippen molar-refractivity contribution in [3.63, 3.8) is 0 Å². The monoisotopic (exact) mass is 361 g/mol. The zero-order chi connectivity index (χ0) is 18.9. The van der Waals surface area contributed by atoms with Crippen molar-refractivity contribution in [1.29, 1.82) is 5.26 Å². The Morgan fingerprint density at radius 2 is 1.74 bits per heavy atom. The minimum absolute atomic E-state index is 0.482. The van der Waals surface area contributed by atoms with E-state index in [1.807, 2.05) is 42.5 Å². The lowest BCUT2D eigenvalue weighted by molar-refractivity contribution is 0.331. The second kappa shape index (κ2) is 9.06. The molecule has 3 aromatic rings. The van der Waals surface area contributed by atoms with E-state index in [0.717, 1.165) is 11.5 Å². The Hall–Kier alpha value is -3.79. The minimum atomic E-state index is 0.482. The highest BCUT2D eigenvalue weighted by Gasteiger charge is 2.04. The number of ether oxygens (including phenoxy) is 2. The van der Waals surface area contributed by atoms with Crippen LogP contribution < -0.4 is 20.1 Å². The number of hydrogen-bond acceptors (Lipinski definition) is 7. The van der Waals surface area contributed by atoms with E-state index in [1.54, 1.807) is 19.2 Å². The summed E-state index contributed by atoms with van der Waals surface area (Å²) in [6.07, 6.45) is 1.46. The molecule has 0 saturated heterocycles. The molecule has 7 nitrogen and oxygen atoms in total. The predicted molar refractivity (Wildman–Crippen MR) is 103 cm³/mol. The summed E-state index contributed by atoms with van der Waals surface area (Å²) in [7, 11) is 1.63. The van der Waals surface area contributed by atoms with Crippen LogP contribution in [0.15, 0.2) is 60.9 Å². The van der Waals surface area contributed by atoms with E-state index in [4.69, 9.17) is 14.7 Å². The SMILES string of the molecule is COc1ccc(OCCNc2cc(Nc3ccccc3C#N)ncn2)cc1. The molecule has 0 radical (unpaired) electrons. The normalized spacial score (nSPS) is 9.93. The van der Waals surface area contributed by atoms with Crippen LogP contribution in [0.4, 0.5) is 17.3 Å². The lowest BCUT2D eigenvalue weighted by Crippen LogP contribution is -2.12. The van der Waals surface area contributed by atoms with Crippen molar-refractivity contribution < 1.29 is 9.47 Å². The first kappa shape index (κ1) is 18.0. The summed E-state index contributed by atoms with van der Waals surface area (Å²) in [5.41, 5.74) is 1.26. The maximum Gasteiger partial charge on any atom is 0.135 e. The van der Waals surface area contributed by atoms with Gasteiger partial charge in [-0.2, -0.15) is 5.26 Å². The predicted octanol–water partition coefficient (Wildman–Crippen LogP) is 3.59. The van der Waals surface area contributed by atoms with Crippen LogP contribution >= 0.6 is 0 Å². The molecule has 3 rings (SSSR count). The molecule has 0 amide bonds. The maximum absolute atomic E-state index is 9.16. The van der Waals surface area contributed by atoms with Crippen molar-refractivity contribution in [2.45, 2.75) is 0 Å². The van der Waals surface area contributed by atoms with Crippen LogP contribution in [-0.2, 0) is 0 Å². The van der Waals surface area contributed by atoms with Gasteiger partial charge in [0.2, 0.25) is 0 Å². The molecule has 2 aromatic carbocycles. The number of rotatable bonds is 8. The van der Waals surface area contributed by atoms with Crippen molar-refractivity contribution >= 4 is 17.3 Å². The van der Waals surface area contributed by atoms with E-state index >= 15 is 0 Å². The number of methoxy groups -OCH3 is 1. The van der Waals surface area contributed by atoms with Gasteiger partial charge in [-0.3, -0.25) is 0 Å². The Balaban J connectivity index is 1.52. The van der Waals surface area contributed by atoms with E-state index in [9.17, 15) is 0 Å².